The van der Waals surface area contributed by atoms with Crippen molar-refractivity contribution in [3.05, 3.63) is 29.6 Å². The first-order valence-electron chi connectivity index (χ1n) is 4.80. The summed E-state index contributed by atoms with van der Waals surface area (Å²) in [6.45, 7) is 1.71. The van der Waals surface area contributed by atoms with Crippen LogP contribution in [-0.2, 0) is 6.42 Å². The van der Waals surface area contributed by atoms with Crippen LogP contribution in [0, 0.1) is 5.82 Å². The summed E-state index contributed by atoms with van der Waals surface area (Å²) in [5.74, 6) is -0.221. The molecule has 0 bridgehead atoms. The van der Waals surface area contributed by atoms with Gasteiger partial charge in [-0.2, -0.15) is 0 Å². The van der Waals surface area contributed by atoms with Crippen LogP contribution < -0.4 is 10.5 Å². The fourth-order valence-electron chi connectivity index (χ4n) is 1.26. The summed E-state index contributed by atoms with van der Waals surface area (Å²) < 4.78 is 18.1. The van der Waals surface area contributed by atoms with Gasteiger partial charge in [-0.1, -0.05) is 6.07 Å². The van der Waals surface area contributed by atoms with Crippen molar-refractivity contribution in [1.82, 2.24) is 0 Å². The number of hydrogen-bond donors (Lipinski definition) is 2. The van der Waals surface area contributed by atoms with Gasteiger partial charge in [-0.05, 0) is 31.0 Å². The van der Waals surface area contributed by atoms with E-state index in [1.165, 1.54) is 13.2 Å². The topological polar surface area (TPSA) is 55.5 Å². The van der Waals surface area contributed by atoms with Crippen molar-refractivity contribution in [1.29, 1.82) is 0 Å². The van der Waals surface area contributed by atoms with Crippen molar-refractivity contribution in [3.63, 3.8) is 0 Å². The molecule has 1 aromatic rings. The molecule has 15 heavy (non-hydrogen) atoms. The van der Waals surface area contributed by atoms with Gasteiger partial charge in [0.15, 0.2) is 11.6 Å². The van der Waals surface area contributed by atoms with E-state index in [9.17, 15) is 9.50 Å². The Bertz CT molecular complexity index is 328. The molecule has 84 valence electrons. The lowest BCUT2D eigenvalue weighted by molar-refractivity contribution is 0.151. The van der Waals surface area contributed by atoms with Crippen molar-refractivity contribution >= 4 is 0 Å². The summed E-state index contributed by atoms with van der Waals surface area (Å²) >= 11 is 0. The monoisotopic (exact) mass is 213 g/mol. The van der Waals surface area contributed by atoms with E-state index in [2.05, 4.69) is 0 Å². The Morgan fingerprint density at radius 1 is 1.53 bits per heavy atom. The Balaban J connectivity index is 2.75. The van der Waals surface area contributed by atoms with E-state index < -0.39 is 11.9 Å². The van der Waals surface area contributed by atoms with E-state index in [0.717, 1.165) is 0 Å². The molecule has 0 fully saturated rings. The highest BCUT2D eigenvalue weighted by Gasteiger charge is 2.11. The summed E-state index contributed by atoms with van der Waals surface area (Å²) in [6, 6.07) is 4.28. The number of nitrogens with two attached hydrogens (primary N) is 1. The molecule has 0 spiro atoms. The summed E-state index contributed by atoms with van der Waals surface area (Å²) in [4.78, 5) is 0. The van der Waals surface area contributed by atoms with Gasteiger partial charge in [0.05, 0.1) is 13.2 Å². The van der Waals surface area contributed by atoms with Crippen LogP contribution in [0.3, 0.4) is 0 Å². The van der Waals surface area contributed by atoms with Crippen LogP contribution >= 0.6 is 0 Å². The SMILES string of the molecule is COc1ccc(CC(O)C(C)N)cc1F. The molecule has 0 saturated heterocycles. The largest absolute Gasteiger partial charge is 0.494 e. The van der Waals surface area contributed by atoms with Gasteiger partial charge < -0.3 is 15.6 Å². The maximum atomic E-state index is 13.3. The molecule has 0 aromatic heterocycles. The van der Waals surface area contributed by atoms with E-state index in [1.54, 1.807) is 19.1 Å². The molecule has 3 nitrogen and oxygen atoms in total. The maximum Gasteiger partial charge on any atom is 0.165 e. The molecule has 3 N–H and O–H groups in total. The molecular weight excluding hydrogens is 197 g/mol. The van der Waals surface area contributed by atoms with Crippen molar-refractivity contribution in [2.45, 2.75) is 25.5 Å². The lowest BCUT2D eigenvalue weighted by Gasteiger charge is -2.14. The van der Waals surface area contributed by atoms with Gasteiger partial charge in [-0.15, -0.1) is 0 Å². The third-order valence-electron chi connectivity index (χ3n) is 2.27. The van der Waals surface area contributed by atoms with Gasteiger partial charge in [-0.3, -0.25) is 0 Å². The van der Waals surface area contributed by atoms with Crippen molar-refractivity contribution in [3.8, 4) is 5.75 Å². The molecule has 1 rings (SSSR count). The average molecular weight is 213 g/mol. The molecule has 0 aliphatic heterocycles. The van der Waals surface area contributed by atoms with E-state index in [1.807, 2.05) is 0 Å². The highest BCUT2D eigenvalue weighted by Crippen LogP contribution is 2.18. The number of benzene rings is 1. The summed E-state index contributed by atoms with van der Waals surface area (Å²) in [5.41, 5.74) is 6.22. The minimum Gasteiger partial charge on any atom is -0.494 e. The first kappa shape index (κ1) is 11.9. The molecule has 0 amide bonds. The lowest BCUT2D eigenvalue weighted by Crippen LogP contribution is -2.33. The number of aliphatic hydroxyl groups is 1. The third-order valence-corrected chi connectivity index (χ3v) is 2.27. The van der Waals surface area contributed by atoms with Crippen LogP contribution in [0.15, 0.2) is 18.2 Å². The smallest absolute Gasteiger partial charge is 0.165 e. The quantitative estimate of drug-likeness (QED) is 0.787. The molecule has 1 aromatic carbocycles. The summed E-state index contributed by atoms with van der Waals surface area (Å²) in [7, 11) is 1.41. The third kappa shape index (κ3) is 3.18. The number of aliphatic hydroxyl groups excluding tert-OH is 1. The van der Waals surface area contributed by atoms with Gasteiger partial charge in [0, 0.05) is 6.04 Å². The fraction of sp³-hybridized carbons (Fsp3) is 0.455. The number of methoxy groups -OCH3 is 1. The number of rotatable bonds is 4. The molecular formula is C11H16FNO2. The standard InChI is InChI=1S/C11H16FNO2/c1-7(13)10(14)6-8-3-4-11(15-2)9(12)5-8/h3-5,7,10,14H,6,13H2,1-2H3. The molecule has 0 saturated carbocycles. The minimum atomic E-state index is -0.655. The predicted molar refractivity (Wildman–Crippen MR) is 56.3 cm³/mol. The van der Waals surface area contributed by atoms with Crippen LogP contribution in [-0.4, -0.2) is 24.4 Å². The zero-order chi connectivity index (χ0) is 11.4. The Labute approximate surface area is 88.7 Å². The average Bonchev–Trinajstić information content (AvgIpc) is 2.18. The van der Waals surface area contributed by atoms with Crippen LogP contribution in [0.25, 0.3) is 0 Å². The second-order valence-electron chi connectivity index (χ2n) is 3.60. The van der Waals surface area contributed by atoms with Gasteiger partial charge in [-0.25, -0.2) is 4.39 Å². The highest BCUT2D eigenvalue weighted by atomic mass is 19.1. The summed E-state index contributed by atoms with van der Waals surface area (Å²) in [5, 5.41) is 9.52. The fourth-order valence-corrected chi connectivity index (χ4v) is 1.26. The van der Waals surface area contributed by atoms with Crippen molar-refractivity contribution in [2.24, 2.45) is 5.73 Å². The van der Waals surface area contributed by atoms with E-state index >= 15 is 0 Å². The van der Waals surface area contributed by atoms with Crippen LogP contribution in [0.4, 0.5) is 4.39 Å². The Kier molecular flexibility index (Phi) is 4.05. The number of halogens is 1. The molecule has 0 aliphatic carbocycles. The van der Waals surface area contributed by atoms with E-state index in [-0.39, 0.29) is 11.8 Å². The zero-order valence-electron chi connectivity index (χ0n) is 8.90. The number of hydrogen-bond acceptors (Lipinski definition) is 3. The highest BCUT2D eigenvalue weighted by molar-refractivity contribution is 5.29. The van der Waals surface area contributed by atoms with Gasteiger partial charge in [0.2, 0.25) is 0 Å². The minimum absolute atomic E-state index is 0.203. The summed E-state index contributed by atoms with van der Waals surface area (Å²) in [6.07, 6.45) is -0.309. The first-order valence-corrected chi connectivity index (χ1v) is 4.80. The van der Waals surface area contributed by atoms with E-state index in [0.29, 0.717) is 12.0 Å². The molecule has 2 atom stereocenters. The molecule has 4 heteroatoms. The van der Waals surface area contributed by atoms with Gasteiger partial charge in [0.1, 0.15) is 0 Å². The Morgan fingerprint density at radius 3 is 2.67 bits per heavy atom. The number of ether oxygens (including phenoxy) is 1. The normalized spacial score (nSPS) is 14.7. The first-order chi connectivity index (χ1) is 7.04. The van der Waals surface area contributed by atoms with Gasteiger partial charge in [0.25, 0.3) is 0 Å². The second kappa shape index (κ2) is 5.09. The molecule has 0 radical (unpaired) electrons. The van der Waals surface area contributed by atoms with Crippen LogP contribution in [0.5, 0.6) is 5.75 Å². The van der Waals surface area contributed by atoms with Crippen LogP contribution in [0.2, 0.25) is 0 Å². The zero-order valence-corrected chi connectivity index (χ0v) is 8.90. The van der Waals surface area contributed by atoms with E-state index in [4.69, 9.17) is 10.5 Å². The Hall–Kier alpha value is -1.13. The Morgan fingerprint density at radius 2 is 2.20 bits per heavy atom. The van der Waals surface area contributed by atoms with Gasteiger partial charge >= 0.3 is 0 Å². The van der Waals surface area contributed by atoms with Crippen LogP contribution in [0.1, 0.15) is 12.5 Å². The van der Waals surface area contributed by atoms with Crippen molar-refractivity contribution < 1.29 is 14.2 Å². The lowest BCUT2D eigenvalue weighted by atomic mass is 10.0. The second-order valence-corrected chi connectivity index (χ2v) is 3.60. The molecule has 0 aliphatic rings. The molecule has 0 heterocycles. The predicted octanol–water partition coefficient (Wildman–Crippen LogP) is 1.08. The molecule has 2 unspecified atom stereocenters. The maximum absolute atomic E-state index is 13.3. The van der Waals surface area contributed by atoms with Crippen molar-refractivity contribution in [2.75, 3.05) is 7.11 Å².